The maximum Gasteiger partial charge on any atom is 0.303 e. The molecule has 1 aliphatic carbocycles. The van der Waals surface area contributed by atoms with Gasteiger partial charge in [0.25, 0.3) is 0 Å². The van der Waals surface area contributed by atoms with E-state index >= 15 is 0 Å². The van der Waals surface area contributed by atoms with E-state index < -0.39 is 5.97 Å². The van der Waals surface area contributed by atoms with Gasteiger partial charge in [0.15, 0.2) is 0 Å². The van der Waals surface area contributed by atoms with Gasteiger partial charge in [0.05, 0.1) is 0 Å². The SMILES string of the molecule is CC(C)=C1CCCC[C@@H]1CCC(=O)O. The molecule has 0 spiro atoms. The molecule has 1 fully saturated rings. The average Bonchev–Trinajstić information content (AvgIpc) is 2.15. The van der Waals surface area contributed by atoms with Crippen LogP contribution in [0.2, 0.25) is 0 Å². The molecule has 0 amide bonds. The number of hydrogen-bond acceptors (Lipinski definition) is 1. The first kappa shape index (κ1) is 11.3. The maximum absolute atomic E-state index is 10.5. The Balaban J connectivity index is 2.55. The third kappa shape index (κ3) is 3.17. The van der Waals surface area contributed by atoms with E-state index in [9.17, 15) is 4.79 Å². The largest absolute Gasteiger partial charge is 0.481 e. The van der Waals surface area contributed by atoms with Crippen LogP contribution in [0.3, 0.4) is 0 Å². The number of carboxylic acid groups (broad SMARTS) is 1. The third-order valence-electron chi connectivity index (χ3n) is 3.09. The zero-order valence-corrected chi connectivity index (χ0v) is 9.18. The van der Waals surface area contributed by atoms with Crippen LogP contribution in [-0.4, -0.2) is 11.1 Å². The fourth-order valence-electron chi connectivity index (χ4n) is 2.36. The normalized spacial score (nSPS) is 22.1. The second-order valence-electron chi connectivity index (χ2n) is 4.40. The molecule has 0 unspecified atom stereocenters. The molecule has 80 valence electrons. The molecule has 1 N–H and O–H groups in total. The predicted octanol–water partition coefficient (Wildman–Crippen LogP) is 3.38. The Kier molecular flexibility index (Phi) is 4.18. The Morgan fingerprint density at radius 2 is 2.14 bits per heavy atom. The molecule has 0 bridgehead atoms. The molecule has 0 heterocycles. The van der Waals surface area contributed by atoms with Crippen LogP contribution in [0.1, 0.15) is 52.4 Å². The Labute approximate surface area is 86.0 Å². The lowest BCUT2D eigenvalue weighted by atomic mass is 9.79. The van der Waals surface area contributed by atoms with Crippen LogP contribution in [0.15, 0.2) is 11.1 Å². The van der Waals surface area contributed by atoms with Crippen molar-refractivity contribution >= 4 is 5.97 Å². The molecule has 1 rings (SSSR count). The van der Waals surface area contributed by atoms with Crippen LogP contribution in [0.4, 0.5) is 0 Å². The summed E-state index contributed by atoms with van der Waals surface area (Å²) in [6.07, 6.45) is 6.07. The van der Waals surface area contributed by atoms with Crippen molar-refractivity contribution in [3.8, 4) is 0 Å². The van der Waals surface area contributed by atoms with Gasteiger partial charge in [0.2, 0.25) is 0 Å². The number of aliphatic carboxylic acids is 1. The highest BCUT2D eigenvalue weighted by Gasteiger charge is 2.20. The highest BCUT2D eigenvalue weighted by molar-refractivity contribution is 5.66. The van der Waals surface area contributed by atoms with Gasteiger partial charge in [-0.3, -0.25) is 4.79 Å². The van der Waals surface area contributed by atoms with Gasteiger partial charge >= 0.3 is 5.97 Å². The highest BCUT2D eigenvalue weighted by atomic mass is 16.4. The summed E-state index contributed by atoms with van der Waals surface area (Å²) in [5.41, 5.74) is 2.93. The summed E-state index contributed by atoms with van der Waals surface area (Å²) >= 11 is 0. The van der Waals surface area contributed by atoms with Crippen LogP contribution >= 0.6 is 0 Å². The second-order valence-corrected chi connectivity index (χ2v) is 4.40. The summed E-state index contributed by atoms with van der Waals surface area (Å²) in [4.78, 5) is 10.5. The Morgan fingerprint density at radius 1 is 1.43 bits per heavy atom. The molecule has 14 heavy (non-hydrogen) atoms. The first-order valence-electron chi connectivity index (χ1n) is 5.49. The zero-order valence-electron chi connectivity index (χ0n) is 9.18. The minimum atomic E-state index is -0.663. The van der Waals surface area contributed by atoms with Crippen LogP contribution in [0.5, 0.6) is 0 Å². The van der Waals surface area contributed by atoms with Crippen molar-refractivity contribution in [2.45, 2.75) is 52.4 Å². The van der Waals surface area contributed by atoms with E-state index in [-0.39, 0.29) is 0 Å². The lowest BCUT2D eigenvalue weighted by Crippen LogP contribution is -2.13. The van der Waals surface area contributed by atoms with Crippen LogP contribution in [0, 0.1) is 5.92 Å². The minimum absolute atomic E-state index is 0.321. The van der Waals surface area contributed by atoms with E-state index in [4.69, 9.17) is 5.11 Å². The molecule has 1 saturated carbocycles. The van der Waals surface area contributed by atoms with Crippen molar-refractivity contribution in [3.05, 3.63) is 11.1 Å². The number of hydrogen-bond donors (Lipinski definition) is 1. The number of allylic oxidation sites excluding steroid dienone is 2. The van der Waals surface area contributed by atoms with E-state index in [0.717, 1.165) is 6.42 Å². The van der Waals surface area contributed by atoms with E-state index in [1.165, 1.54) is 36.8 Å². The van der Waals surface area contributed by atoms with Crippen LogP contribution in [-0.2, 0) is 4.79 Å². The van der Waals surface area contributed by atoms with Gasteiger partial charge in [-0.2, -0.15) is 0 Å². The summed E-state index contributed by atoms with van der Waals surface area (Å²) in [6, 6.07) is 0. The second kappa shape index (κ2) is 5.18. The molecule has 2 heteroatoms. The molecule has 0 aliphatic heterocycles. The first-order valence-corrected chi connectivity index (χ1v) is 5.49. The summed E-state index contributed by atoms with van der Waals surface area (Å²) in [7, 11) is 0. The summed E-state index contributed by atoms with van der Waals surface area (Å²) in [6.45, 7) is 4.29. The standard InChI is InChI=1S/C12H20O2/c1-9(2)11-6-4-3-5-10(11)7-8-12(13)14/h10H,3-8H2,1-2H3,(H,13,14)/t10-/m1/s1. The third-order valence-corrected chi connectivity index (χ3v) is 3.09. The van der Waals surface area contributed by atoms with Crippen LogP contribution < -0.4 is 0 Å². The first-order chi connectivity index (χ1) is 6.61. The minimum Gasteiger partial charge on any atom is -0.481 e. The highest BCUT2D eigenvalue weighted by Crippen LogP contribution is 2.34. The molecule has 0 aromatic heterocycles. The molecule has 2 nitrogen and oxygen atoms in total. The molecule has 0 aromatic rings. The summed E-state index contributed by atoms with van der Waals surface area (Å²) in [5, 5.41) is 8.65. The van der Waals surface area contributed by atoms with Crippen molar-refractivity contribution < 1.29 is 9.90 Å². The fourth-order valence-corrected chi connectivity index (χ4v) is 2.36. The maximum atomic E-state index is 10.5. The molecular formula is C12H20O2. The van der Waals surface area contributed by atoms with Crippen molar-refractivity contribution in [3.63, 3.8) is 0 Å². The average molecular weight is 196 g/mol. The fraction of sp³-hybridized carbons (Fsp3) is 0.750. The van der Waals surface area contributed by atoms with Gasteiger partial charge in [0.1, 0.15) is 0 Å². The lowest BCUT2D eigenvalue weighted by molar-refractivity contribution is -0.137. The van der Waals surface area contributed by atoms with E-state index in [1.54, 1.807) is 0 Å². The summed E-state index contributed by atoms with van der Waals surface area (Å²) in [5.74, 6) is -0.117. The molecule has 0 radical (unpaired) electrons. The van der Waals surface area contributed by atoms with E-state index in [2.05, 4.69) is 13.8 Å². The van der Waals surface area contributed by atoms with Crippen molar-refractivity contribution in [1.29, 1.82) is 0 Å². The zero-order chi connectivity index (χ0) is 10.6. The molecule has 1 aliphatic rings. The van der Waals surface area contributed by atoms with Gasteiger partial charge in [-0.25, -0.2) is 0 Å². The quantitative estimate of drug-likeness (QED) is 0.702. The Bertz CT molecular complexity index is 237. The van der Waals surface area contributed by atoms with E-state index in [1.807, 2.05) is 0 Å². The molecule has 0 saturated heterocycles. The number of carboxylic acids is 1. The molecule has 0 aromatic carbocycles. The molecule has 1 atom stereocenters. The van der Waals surface area contributed by atoms with Gasteiger partial charge < -0.3 is 5.11 Å². The number of carbonyl (C=O) groups is 1. The predicted molar refractivity (Wildman–Crippen MR) is 57.2 cm³/mol. The topological polar surface area (TPSA) is 37.3 Å². The van der Waals surface area contributed by atoms with Gasteiger partial charge in [-0.05, 0) is 45.4 Å². The Hall–Kier alpha value is -0.790. The van der Waals surface area contributed by atoms with Crippen LogP contribution in [0.25, 0.3) is 0 Å². The lowest BCUT2D eigenvalue weighted by Gasteiger charge is -2.26. The van der Waals surface area contributed by atoms with Gasteiger partial charge in [-0.1, -0.05) is 17.6 Å². The van der Waals surface area contributed by atoms with Gasteiger partial charge in [-0.15, -0.1) is 0 Å². The van der Waals surface area contributed by atoms with Crippen molar-refractivity contribution in [2.75, 3.05) is 0 Å². The number of rotatable bonds is 3. The van der Waals surface area contributed by atoms with Gasteiger partial charge in [0, 0.05) is 6.42 Å². The summed E-state index contributed by atoms with van der Waals surface area (Å²) < 4.78 is 0. The van der Waals surface area contributed by atoms with Crippen molar-refractivity contribution in [1.82, 2.24) is 0 Å². The van der Waals surface area contributed by atoms with E-state index in [0.29, 0.717) is 12.3 Å². The Morgan fingerprint density at radius 3 is 2.71 bits per heavy atom. The monoisotopic (exact) mass is 196 g/mol. The smallest absolute Gasteiger partial charge is 0.303 e. The molecular weight excluding hydrogens is 176 g/mol. The van der Waals surface area contributed by atoms with Crippen molar-refractivity contribution in [2.24, 2.45) is 5.92 Å².